The van der Waals surface area contributed by atoms with E-state index in [0.29, 0.717) is 51.7 Å². The van der Waals surface area contributed by atoms with E-state index in [1.165, 1.54) is 28.0 Å². The van der Waals surface area contributed by atoms with Crippen molar-refractivity contribution in [1.29, 1.82) is 0 Å². The fourth-order valence-electron chi connectivity index (χ4n) is 5.52. The summed E-state index contributed by atoms with van der Waals surface area (Å²) in [6.45, 7) is 8.53. The van der Waals surface area contributed by atoms with Crippen molar-refractivity contribution in [3.63, 3.8) is 0 Å². The lowest BCUT2D eigenvalue weighted by Crippen LogP contribution is -2.29. The van der Waals surface area contributed by atoms with Crippen LogP contribution in [0.3, 0.4) is 0 Å². The van der Waals surface area contributed by atoms with Crippen molar-refractivity contribution < 1.29 is 28.9 Å². The van der Waals surface area contributed by atoms with Gasteiger partial charge in [-0.05, 0) is 72.1 Å². The monoisotopic (exact) mass is 679 g/mol. The highest BCUT2D eigenvalue weighted by molar-refractivity contribution is 8.00. The third-order valence-electron chi connectivity index (χ3n) is 7.66. The lowest BCUT2D eigenvalue weighted by molar-refractivity contribution is -0.132. The summed E-state index contributed by atoms with van der Waals surface area (Å²) < 4.78 is 17.9. The zero-order valence-electron chi connectivity index (χ0n) is 26.4. The molecule has 1 fully saturated rings. The van der Waals surface area contributed by atoms with E-state index >= 15 is 0 Å². The smallest absolute Gasteiger partial charge is 0.301 e. The van der Waals surface area contributed by atoms with Crippen molar-refractivity contribution in [3.05, 3.63) is 120 Å². The van der Waals surface area contributed by atoms with Crippen LogP contribution in [-0.2, 0) is 15.3 Å². The first-order valence-electron chi connectivity index (χ1n) is 15.4. The molecule has 1 atom stereocenters. The van der Waals surface area contributed by atoms with Gasteiger partial charge in [0.15, 0.2) is 15.8 Å². The maximum atomic E-state index is 13.8. The predicted molar refractivity (Wildman–Crippen MR) is 189 cm³/mol. The van der Waals surface area contributed by atoms with E-state index in [4.69, 9.17) is 14.2 Å². The lowest BCUT2D eigenvalue weighted by Gasteiger charge is -2.23. The Bertz CT molecular complexity index is 2000. The van der Waals surface area contributed by atoms with Gasteiger partial charge in [0.1, 0.15) is 18.1 Å². The molecule has 1 unspecified atom stereocenters. The highest BCUT2D eigenvalue weighted by Gasteiger charge is 2.48. The molecule has 2 heterocycles. The molecule has 6 rings (SSSR count). The number of anilines is 1. The molecule has 1 aliphatic heterocycles. The number of ketones is 1. The Morgan fingerprint density at radius 3 is 2.48 bits per heavy atom. The Labute approximate surface area is 286 Å². The van der Waals surface area contributed by atoms with Crippen molar-refractivity contribution in [3.8, 4) is 17.2 Å². The van der Waals surface area contributed by atoms with Gasteiger partial charge in [-0.2, -0.15) is 0 Å². The first kappa shape index (κ1) is 32.8. The number of thioether (sulfide) groups is 1. The first-order valence-corrected chi connectivity index (χ1v) is 17.2. The van der Waals surface area contributed by atoms with Gasteiger partial charge in [0.2, 0.25) is 5.13 Å². The average Bonchev–Trinajstić information content (AvgIpc) is 3.68. The molecular weight excluding hydrogens is 647 g/mol. The van der Waals surface area contributed by atoms with Crippen molar-refractivity contribution in [1.82, 2.24) is 10.2 Å². The molecule has 48 heavy (non-hydrogen) atoms. The molecule has 1 amide bonds. The average molecular weight is 680 g/mol. The molecule has 1 N–H and O–H groups in total. The number of fused-ring (bicyclic) bond motifs is 1. The number of nitrogens with zero attached hydrogens (tertiary/aromatic N) is 3. The maximum absolute atomic E-state index is 13.8. The number of Topliss-reactive ketones (excluding diaryl/α,β-unsaturated/α-hetero) is 1. The Morgan fingerprint density at radius 2 is 1.71 bits per heavy atom. The summed E-state index contributed by atoms with van der Waals surface area (Å²) in [4.78, 5) is 28.9. The zero-order chi connectivity index (χ0) is 33.6. The van der Waals surface area contributed by atoms with Gasteiger partial charge < -0.3 is 19.3 Å². The number of aliphatic hydroxyl groups excluding tert-OH is 1. The van der Waals surface area contributed by atoms with Gasteiger partial charge in [0.05, 0.1) is 24.8 Å². The van der Waals surface area contributed by atoms with Gasteiger partial charge >= 0.3 is 5.91 Å². The van der Waals surface area contributed by atoms with Gasteiger partial charge in [-0.1, -0.05) is 84.3 Å². The second-order valence-corrected chi connectivity index (χ2v) is 12.8. The topological polar surface area (TPSA) is 111 Å². The molecule has 1 aliphatic rings. The van der Waals surface area contributed by atoms with Crippen LogP contribution in [0, 0.1) is 0 Å². The van der Waals surface area contributed by atoms with Gasteiger partial charge in [-0.3, -0.25) is 14.5 Å². The lowest BCUT2D eigenvalue weighted by atomic mass is 9.95. The number of rotatable bonds is 13. The van der Waals surface area contributed by atoms with Gasteiger partial charge in [-0.15, -0.1) is 10.2 Å². The number of benzene rings is 4. The predicted octanol–water partition coefficient (Wildman–Crippen LogP) is 7.97. The summed E-state index contributed by atoms with van der Waals surface area (Å²) in [7, 11) is 0. The molecule has 9 nitrogen and oxygen atoms in total. The third-order valence-corrected chi connectivity index (χ3v) is 9.76. The number of aromatic nitrogens is 2. The fraction of sp³-hybridized carbons (Fsp3) is 0.189. The molecule has 11 heteroatoms. The van der Waals surface area contributed by atoms with Crippen LogP contribution >= 0.6 is 23.1 Å². The van der Waals surface area contributed by atoms with Crippen LogP contribution in [0.2, 0.25) is 0 Å². The highest BCUT2D eigenvalue weighted by atomic mass is 32.2. The highest BCUT2D eigenvalue weighted by Crippen LogP contribution is 2.46. The van der Waals surface area contributed by atoms with Crippen LogP contribution in [0.15, 0.2) is 107 Å². The summed E-state index contributed by atoms with van der Waals surface area (Å²) in [5, 5.41) is 22.9. The van der Waals surface area contributed by atoms with Crippen molar-refractivity contribution in [2.75, 3.05) is 24.7 Å². The molecule has 0 aliphatic carbocycles. The van der Waals surface area contributed by atoms with Crippen molar-refractivity contribution in [2.45, 2.75) is 30.0 Å². The number of hydrogen-bond acceptors (Lipinski definition) is 10. The number of amides is 1. The zero-order valence-corrected chi connectivity index (χ0v) is 28.1. The normalized spacial score (nSPS) is 15.5. The number of ether oxygens (including phenoxy) is 3. The molecule has 0 saturated carbocycles. The van der Waals surface area contributed by atoms with E-state index in [0.717, 1.165) is 16.3 Å². The Balaban J connectivity index is 1.40. The van der Waals surface area contributed by atoms with E-state index in [-0.39, 0.29) is 23.1 Å². The van der Waals surface area contributed by atoms with Gasteiger partial charge in [0.25, 0.3) is 5.78 Å². The molecule has 1 saturated heterocycles. The SMILES string of the molecule is C=CCOc1ccc(C2/C(=C(\O)c3ccc(OCC)cc3)C(=O)C(=O)N2c2nnc(SCc3cccc4ccccc34)s2)cc1OCC. The van der Waals surface area contributed by atoms with E-state index < -0.39 is 17.7 Å². The molecule has 5 aromatic rings. The third kappa shape index (κ3) is 6.65. The summed E-state index contributed by atoms with van der Waals surface area (Å²) >= 11 is 2.71. The second kappa shape index (κ2) is 14.7. The Kier molecular flexibility index (Phi) is 10.1. The van der Waals surface area contributed by atoms with Crippen molar-refractivity contribution in [2.24, 2.45) is 0 Å². The summed E-state index contributed by atoms with van der Waals surface area (Å²) in [5.41, 5.74) is 1.96. The van der Waals surface area contributed by atoms with Crippen LogP contribution in [0.1, 0.15) is 36.6 Å². The number of hydrogen-bond donors (Lipinski definition) is 1. The quantitative estimate of drug-likeness (QED) is 0.0331. The largest absolute Gasteiger partial charge is 0.507 e. The summed E-state index contributed by atoms with van der Waals surface area (Å²) in [6, 6.07) is 25.2. The van der Waals surface area contributed by atoms with Crippen LogP contribution in [0.4, 0.5) is 5.13 Å². The first-order chi connectivity index (χ1) is 23.4. The Hall–Kier alpha value is -5.13. The van der Waals surface area contributed by atoms with Crippen LogP contribution in [0.25, 0.3) is 16.5 Å². The van der Waals surface area contributed by atoms with Crippen molar-refractivity contribution >= 4 is 56.5 Å². The standard InChI is InChI=1S/C37H33N3O6S2/c1-4-20-46-29-19-16-25(21-30(29)45-6-3)32-31(33(41)24-14-17-27(18-15-24)44-5-2)34(42)35(43)40(32)36-38-39-37(48-36)47-22-26-12-9-11-23-10-7-8-13-28(23)26/h4,7-19,21,32,41H,1,5-6,20,22H2,2-3H3/b33-31+. The van der Waals surface area contributed by atoms with Gasteiger partial charge in [0, 0.05) is 11.3 Å². The maximum Gasteiger partial charge on any atom is 0.301 e. The molecule has 0 bridgehead atoms. The second-order valence-electron chi connectivity index (χ2n) is 10.6. The van der Waals surface area contributed by atoms with Crippen LogP contribution in [0.5, 0.6) is 17.2 Å². The van der Waals surface area contributed by atoms with E-state index in [1.807, 2.05) is 32.0 Å². The summed E-state index contributed by atoms with van der Waals surface area (Å²) in [5.74, 6) is 0.184. The fourth-order valence-corrected chi connectivity index (χ4v) is 7.39. The molecular formula is C37H33N3O6S2. The number of carbonyl (C=O) groups excluding carboxylic acids is 2. The number of carbonyl (C=O) groups is 2. The van der Waals surface area contributed by atoms with Crippen LogP contribution in [-0.4, -0.2) is 46.8 Å². The molecule has 1 aromatic heterocycles. The molecule has 4 aromatic carbocycles. The Morgan fingerprint density at radius 1 is 0.938 bits per heavy atom. The minimum Gasteiger partial charge on any atom is -0.507 e. The molecule has 0 radical (unpaired) electrons. The molecule has 244 valence electrons. The van der Waals surface area contributed by atoms with Gasteiger partial charge in [-0.25, -0.2) is 0 Å². The van der Waals surface area contributed by atoms with E-state index in [1.54, 1.807) is 48.5 Å². The minimum absolute atomic E-state index is 0.0773. The van der Waals surface area contributed by atoms with E-state index in [2.05, 4.69) is 41.0 Å². The molecule has 0 spiro atoms. The van der Waals surface area contributed by atoms with E-state index in [9.17, 15) is 14.7 Å². The van der Waals surface area contributed by atoms with Crippen LogP contribution < -0.4 is 19.1 Å². The summed E-state index contributed by atoms with van der Waals surface area (Å²) in [6.07, 6.45) is 1.63. The minimum atomic E-state index is -1.02. The number of aliphatic hydroxyl groups is 1.